The van der Waals surface area contributed by atoms with Crippen LogP contribution < -0.4 is 10.6 Å². The van der Waals surface area contributed by atoms with Crippen LogP contribution in [0.5, 0.6) is 0 Å². The second kappa shape index (κ2) is 6.53. The summed E-state index contributed by atoms with van der Waals surface area (Å²) in [6, 6.07) is 5.36. The summed E-state index contributed by atoms with van der Waals surface area (Å²) in [6.07, 6.45) is 1.06. The molecule has 1 aromatic carbocycles. The molecule has 0 atom stereocenters. The topological polar surface area (TPSA) is 24.1 Å². The molecule has 0 unspecified atom stereocenters. The molecule has 0 radical (unpaired) electrons. The lowest BCUT2D eigenvalue weighted by atomic mass is 10.1. The molecule has 15 heavy (non-hydrogen) atoms. The Morgan fingerprint density at radius 2 is 2.07 bits per heavy atom. The van der Waals surface area contributed by atoms with Crippen molar-refractivity contribution in [1.82, 2.24) is 10.6 Å². The third-order valence-corrected chi connectivity index (χ3v) is 2.30. The number of nitrogens with one attached hydrogen (secondary N) is 2. The van der Waals surface area contributed by atoms with Crippen molar-refractivity contribution in [3.8, 4) is 0 Å². The third-order valence-electron chi connectivity index (χ3n) is 2.30. The van der Waals surface area contributed by atoms with Crippen LogP contribution in [-0.2, 0) is 6.54 Å². The van der Waals surface area contributed by atoms with Crippen LogP contribution in [0, 0.1) is 12.7 Å². The Hall–Kier alpha value is -0.930. The fraction of sp³-hybridized carbons (Fsp3) is 0.500. The molecule has 0 saturated carbocycles. The largest absolute Gasteiger partial charge is 0.320 e. The first kappa shape index (κ1) is 12.1. The number of hydrogen-bond acceptors (Lipinski definition) is 2. The van der Waals surface area contributed by atoms with Crippen LogP contribution in [-0.4, -0.2) is 20.1 Å². The maximum Gasteiger partial charge on any atom is 0.127 e. The van der Waals surface area contributed by atoms with Crippen LogP contribution in [0.4, 0.5) is 4.39 Å². The zero-order valence-electron chi connectivity index (χ0n) is 9.44. The molecule has 0 saturated heterocycles. The SMILES string of the molecule is CNCCCNCc1ccc(C)cc1F. The van der Waals surface area contributed by atoms with Crippen LogP contribution in [0.25, 0.3) is 0 Å². The monoisotopic (exact) mass is 210 g/mol. The van der Waals surface area contributed by atoms with Crippen molar-refractivity contribution in [3.05, 3.63) is 35.1 Å². The quantitative estimate of drug-likeness (QED) is 0.700. The minimum absolute atomic E-state index is 0.115. The molecule has 3 heteroatoms. The van der Waals surface area contributed by atoms with Gasteiger partial charge in [-0.2, -0.15) is 0 Å². The third kappa shape index (κ3) is 4.40. The molecule has 0 spiro atoms. The molecule has 0 heterocycles. The first-order valence-electron chi connectivity index (χ1n) is 5.34. The van der Waals surface area contributed by atoms with E-state index in [1.54, 1.807) is 6.07 Å². The molecule has 0 bridgehead atoms. The fourth-order valence-corrected chi connectivity index (χ4v) is 1.41. The minimum Gasteiger partial charge on any atom is -0.320 e. The van der Waals surface area contributed by atoms with Crippen LogP contribution in [0.3, 0.4) is 0 Å². The molecule has 0 amide bonds. The van der Waals surface area contributed by atoms with Crippen LogP contribution >= 0.6 is 0 Å². The summed E-state index contributed by atoms with van der Waals surface area (Å²) in [4.78, 5) is 0. The Kier molecular flexibility index (Phi) is 5.29. The van der Waals surface area contributed by atoms with E-state index in [-0.39, 0.29) is 5.82 Å². The summed E-state index contributed by atoms with van der Waals surface area (Å²) in [6.45, 7) is 4.40. The second-order valence-electron chi connectivity index (χ2n) is 3.73. The molecular weight excluding hydrogens is 191 g/mol. The Morgan fingerprint density at radius 3 is 2.73 bits per heavy atom. The van der Waals surface area contributed by atoms with Gasteiger partial charge in [0.25, 0.3) is 0 Å². The average Bonchev–Trinajstić information content (AvgIpc) is 2.20. The van der Waals surface area contributed by atoms with E-state index in [0.717, 1.165) is 30.6 Å². The predicted molar refractivity (Wildman–Crippen MR) is 61.4 cm³/mol. The van der Waals surface area contributed by atoms with E-state index in [1.807, 2.05) is 26.1 Å². The lowest BCUT2D eigenvalue weighted by Crippen LogP contribution is -2.19. The highest BCUT2D eigenvalue weighted by Crippen LogP contribution is 2.09. The zero-order chi connectivity index (χ0) is 11.1. The Labute approximate surface area is 90.9 Å². The van der Waals surface area contributed by atoms with Crippen LogP contribution in [0.2, 0.25) is 0 Å². The standard InChI is InChI=1S/C12H19FN2/c1-10-4-5-11(12(13)8-10)9-15-7-3-6-14-2/h4-5,8,14-15H,3,6-7,9H2,1-2H3. The maximum atomic E-state index is 13.4. The van der Waals surface area contributed by atoms with Gasteiger partial charge in [-0.1, -0.05) is 12.1 Å². The molecular formula is C12H19FN2. The molecule has 84 valence electrons. The first-order chi connectivity index (χ1) is 7.24. The van der Waals surface area contributed by atoms with Crippen molar-refractivity contribution < 1.29 is 4.39 Å². The summed E-state index contributed by atoms with van der Waals surface area (Å²) >= 11 is 0. The van der Waals surface area contributed by atoms with Gasteiger partial charge in [-0.05, 0) is 45.1 Å². The van der Waals surface area contributed by atoms with Gasteiger partial charge in [-0.25, -0.2) is 4.39 Å². The van der Waals surface area contributed by atoms with Gasteiger partial charge in [0, 0.05) is 12.1 Å². The highest BCUT2D eigenvalue weighted by atomic mass is 19.1. The van der Waals surface area contributed by atoms with Crippen LogP contribution in [0.1, 0.15) is 17.5 Å². The number of hydrogen-bond donors (Lipinski definition) is 2. The number of benzene rings is 1. The van der Waals surface area contributed by atoms with Crippen molar-refractivity contribution >= 4 is 0 Å². The van der Waals surface area contributed by atoms with Gasteiger partial charge in [0.2, 0.25) is 0 Å². The maximum absolute atomic E-state index is 13.4. The van der Waals surface area contributed by atoms with Gasteiger partial charge in [-0.3, -0.25) is 0 Å². The second-order valence-corrected chi connectivity index (χ2v) is 3.73. The Morgan fingerprint density at radius 1 is 1.27 bits per heavy atom. The van der Waals surface area contributed by atoms with Crippen LogP contribution in [0.15, 0.2) is 18.2 Å². The number of aryl methyl sites for hydroxylation is 1. The lowest BCUT2D eigenvalue weighted by molar-refractivity contribution is 0.576. The lowest BCUT2D eigenvalue weighted by Gasteiger charge is -2.06. The summed E-state index contributed by atoms with van der Waals surface area (Å²) in [5.41, 5.74) is 1.71. The summed E-state index contributed by atoms with van der Waals surface area (Å²) in [7, 11) is 1.93. The Bertz CT molecular complexity index is 300. The van der Waals surface area contributed by atoms with E-state index in [0.29, 0.717) is 6.54 Å². The van der Waals surface area contributed by atoms with E-state index in [1.165, 1.54) is 0 Å². The minimum atomic E-state index is -0.115. The van der Waals surface area contributed by atoms with E-state index < -0.39 is 0 Å². The number of halogens is 1. The molecule has 0 fully saturated rings. The zero-order valence-corrected chi connectivity index (χ0v) is 9.44. The fourth-order valence-electron chi connectivity index (χ4n) is 1.41. The van der Waals surface area contributed by atoms with Crippen molar-refractivity contribution in [2.24, 2.45) is 0 Å². The van der Waals surface area contributed by atoms with Crippen molar-refractivity contribution in [3.63, 3.8) is 0 Å². The van der Waals surface area contributed by atoms with Gasteiger partial charge < -0.3 is 10.6 Å². The highest BCUT2D eigenvalue weighted by molar-refractivity contribution is 5.23. The summed E-state index contributed by atoms with van der Waals surface area (Å²) in [5, 5.41) is 6.29. The van der Waals surface area contributed by atoms with Crippen molar-refractivity contribution in [2.45, 2.75) is 19.9 Å². The molecule has 1 rings (SSSR count). The van der Waals surface area contributed by atoms with E-state index in [9.17, 15) is 4.39 Å². The molecule has 2 nitrogen and oxygen atoms in total. The molecule has 2 N–H and O–H groups in total. The van der Waals surface area contributed by atoms with E-state index >= 15 is 0 Å². The first-order valence-corrected chi connectivity index (χ1v) is 5.34. The smallest absolute Gasteiger partial charge is 0.127 e. The molecule has 0 aliphatic rings. The van der Waals surface area contributed by atoms with Gasteiger partial charge in [0.1, 0.15) is 5.82 Å². The predicted octanol–water partition coefficient (Wildman–Crippen LogP) is 1.83. The van der Waals surface area contributed by atoms with Gasteiger partial charge >= 0.3 is 0 Å². The van der Waals surface area contributed by atoms with Crippen molar-refractivity contribution in [1.29, 1.82) is 0 Å². The normalized spacial score (nSPS) is 10.6. The highest BCUT2D eigenvalue weighted by Gasteiger charge is 2.00. The van der Waals surface area contributed by atoms with Gasteiger partial charge in [0.05, 0.1) is 0 Å². The summed E-state index contributed by atoms with van der Waals surface area (Å²) in [5.74, 6) is -0.115. The van der Waals surface area contributed by atoms with E-state index in [2.05, 4.69) is 10.6 Å². The van der Waals surface area contributed by atoms with E-state index in [4.69, 9.17) is 0 Å². The van der Waals surface area contributed by atoms with Gasteiger partial charge in [-0.15, -0.1) is 0 Å². The molecule has 0 aliphatic heterocycles. The van der Waals surface area contributed by atoms with Crippen molar-refractivity contribution in [2.75, 3.05) is 20.1 Å². The number of rotatable bonds is 6. The molecule has 1 aromatic rings. The molecule has 0 aromatic heterocycles. The van der Waals surface area contributed by atoms with Gasteiger partial charge in [0.15, 0.2) is 0 Å². The molecule has 0 aliphatic carbocycles. The average molecular weight is 210 g/mol. The summed E-state index contributed by atoms with van der Waals surface area (Å²) < 4.78 is 13.4. The Balaban J connectivity index is 2.31.